The minimum Gasteiger partial charge on any atom is -0.490 e. The lowest BCUT2D eigenvalue weighted by molar-refractivity contribution is -0.153. The molecule has 1 atom stereocenters. The number of fused-ring (bicyclic) bond motifs is 1. The van der Waals surface area contributed by atoms with Crippen molar-refractivity contribution in [2.45, 2.75) is 19.6 Å². The summed E-state index contributed by atoms with van der Waals surface area (Å²) < 4.78 is 22.6. The highest BCUT2D eigenvalue weighted by atomic mass is 16.6. The van der Waals surface area contributed by atoms with Crippen molar-refractivity contribution in [1.82, 2.24) is 0 Å². The van der Waals surface area contributed by atoms with Crippen LogP contribution in [0, 0.1) is 11.3 Å². The van der Waals surface area contributed by atoms with Gasteiger partial charge < -0.3 is 18.9 Å². The monoisotopic (exact) mass is 472 g/mol. The lowest BCUT2D eigenvalue weighted by Gasteiger charge is -2.28. The van der Waals surface area contributed by atoms with E-state index in [9.17, 15) is 9.59 Å². The van der Waals surface area contributed by atoms with Crippen LogP contribution in [0.4, 0.5) is 5.69 Å². The third-order valence-corrected chi connectivity index (χ3v) is 5.26. The third kappa shape index (κ3) is 5.89. The summed E-state index contributed by atoms with van der Waals surface area (Å²) in [6.45, 7) is 2.45. The van der Waals surface area contributed by atoms with E-state index in [4.69, 9.17) is 24.2 Å². The van der Waals surface area contributed by atoms with Crippen LogP contribution < -0.4 is 19.1 Å². The molecule has 1 aliphatic heterocycles. The Hall–Kier alpha value is -4.51. The standard InChI is InChI=1S/C27H24N2O6/c1-2-32-27(31)26(30)29(16-20-6-4-3-5-7-20)21-10-13-24-25(14-21)35-23(18-34-24)17-33-22-11-8-19(15-28)9-12-22/h3-14,23H,2,16-18H2,1H3/t23-/m0/s1. The molecule has 3 aromatic rings. The molecule has 0 saturated heterocycles. The first-order valence-corrected chi connectivity index (χ1v) is 11.2. The van der Waals surface area contributed by atoms with Crippen LogP contribution in [0.25, 0.3) is 0 Å². The minimum atomic E-state index is -0.924. The molecule has 35 heavy (non-hydrogen) atoms. The fraction of sp³-hybridized carbons (Fsp3) is 0.222. The number of nitriles is 1. The molecule has 0 aromatic heterocycles. The summed E-state index contributed by atoms with van der Waals surface area (Å²) in [5.41, 5.74) is 1.88. The van der Waals surface area contributed by atoms with Gasteiger partial charge in [0.1, 0.15) is 19.0 Å². The summed E-state index contributed by atoms with van der Waals surface area (Å²) in [6, 6.07) is 23.3. The van der Waals surface area contributed by atoms with Gasteiger partial charge in [-0.15, -0.1) is 0 Å². The Balaban J connectivity index is 1.50. The average molecular weight is 472 g/mol. The number of carbonyl (C=O) groups excluding carboxylic acids is 2. The first kappa shape index (κ1) is 23.6. The zero-order chi connectivity index (χ0) is 24.6. The predicted octanol–water partition coefficient (Wildman–Crippen LogP) is 3.87. The number of carbonyl (C=O) groups is 2. The molecular weight excluding hydrogens is 448 g/mol. The van der Waals surface area contributed by atoms with Crippen molar-refractivity contribution < 1.29 is 28.5 Å². The summed E-state index contributed by atoms with van der Waals surface area (Å²) >= 11 is 0. The number of ether oxygens (including phenoxy) is 4. The molecule has 0 unspecified atom stereocenters. The maximum absolute atomic E-state index is 12.9. The highest BCUT2D eigenvalue weighted by Crippen LogP contribution is 2.36. The van der Waals surface area contributed by atoms with Crippen LogP contribution in [-0.2, 0) is 20.9 Å². The number of anilines is 1. The van der Waals surface area contributed by atoms with E-state index in [1.165, 1.54) is 4.90 Å². The number of nitrogens with zero attached hydrogens (tertiary/aromatic N) is 2. The van der Waals surface area contributed by atoms with Gasteiger partial charge in [0, 0.05) is 11.8 Å². The lowest BCUT2D eigenvalue weighted by atomic mass is 10.1. The number of amides is 1. The average Bonchev–Trinajstić information content (AvgIpc) is 2.90. The molecule has 0 aliphatic carbocycles. The molecule has 1 aliphatic rings. The first-order chi connectivity index (χ1) is 17.1. The summed E-state index contributed by atoms with van der Waals surface area (Å²) in [6.07, 6.45) is -0.392. The highest BCUT2D eigenvalue weighted by Gasteiger charge is 2.28. The Kier molecular flexibility index (Phi) is 7.48. The van der Waals surface area contributed by atoms with Crippen molar-refractivity contribution in [1.29, 1.82) is 5.26 Å². The molecule has 8 nitrogen and oxygen atoms in total. The van der Waals surface area contributed by atoms with Gasteiger partial charge in [0.05, 0.1) is 24.8 Å². The van der Waals surface area contributed by atoms with Crippen LogP contribution in [-0.4, -0.2) is 37.8 Å². The zero-order valence-corrected chi connectivity index (χ0v) is 19.2. The van der Waals surface area contributed by atoms with Gasteiger partial charge in [0.25, 0.3) is 0 Å². The molecule has 3 aromatic carbocycles. The van der Waals surface area contributed by atoms with Crippen LogP contribution >= 0.6 is 0 Å². The van der Waals surface area contributed by atoms with Gasteiger partial charge >= 0.3 is 11.9 Å². The van der Waals surface area contributed by atoms with E-state index in [0.717, 1.165) is 5.56 Å². The van der Waals surface area contributed by atoms with Crippen molar-refractivity contribution in [2.24, 2.45) is 0 Å². The van der Waals surface area contributed by atoms with E-state index < -0.39 is 18.0 Å². The topological polar surface area (TPSA) is 98.1 Å². The fourth-order valence-electron chi connectivity index (χ4n) is 3.52. The Bertz CT molecular complexity index is 1220. The molecule has 1 amide bonds. The maximum atomic E-state index is 12.9. The van der Waals surface area contributed by atoms with Gasteiger partial charge in [0.15, 0.2) is 17.6 Å². The number of benzene rings is 3. The van der Waals surface area contributed by atoms with E-state index in [1.54, 1.807) is 49.4 Å². The summed E-state index contributed by atoms with van der Waals surface area (Å²) in [7, 11) is 0. The molecule has 0 saturated carbocycles. The van der Waals surface area contributed by atoms with Crippen molar-refractivity contribution in [3.05, 3.63) is 83.9 Å². The summed E-state index contributed by atoms with van der Waals surface area (Å²) in [4.78, 5) is 26.5. The van der Waals surface area contributed by atoms with Crippen LogP contribution in [0.1, 0.15) is 18.1 Å². The molecule has 0 fully saturated rings. The van der Waals surface area contributed by atoms with E-state index in [0.29, 0.717) is 28.5 Å². The van der Waals surface area contributed by atoms with Gasteiger partial charge in [0.2, 0.25) is 0 Å². The van der Waals surface area contributed by atoms with E-state index >= 15 is 0 Å². The second-order valence-electron chi connectivity index (χ2n) is 7.73. The van der Waals surface area contributed by atoms with E-state index in [1.807, 2.05) is 30.3 Å². The fourth-order valence-corrected chi connectivity index (χ4v) is 3.52. The largest absolute Gasteiger partial charge is 0.490 e. The van der Waals surface area contributed by atoms with Crippen molar-refractivity contribution in [3.8, 4) is 23.3 Å². The van der Waals surface area contributed by atoms with E-state index in [2.05, 4.69) is 6.07 Å². The summed E-state index contributed by atoms with van der Waals surface area (Å²) in [5.74, 6) is -0.107. The molecule has 1 heterocycles. The molecule has 0 radical (unpaired) electrons. The Morgan fingerprint density at radius 1 is 1.06 bits per heavy atom. The van der Waals surface area contributed by atoms with Gasteiger partial charge in [-0.25, -0.2) is 4.79 Å². The van der Waals surface area contributed by atoms with E-state index in [-0.39, 0.29) is 26.4 Å². The zero-order valence-electron chi connectivity index (χ0n) is 19.2. The second kappa shape index (κ2) is 11.1. The molecular formula is C27H24N2O6. The van der Waals surface area contributed by atoms with Crippen LogP contribution in [0.15, 0.2) is 72.8 Å². The van der Waals surface area contributed by atoms with Crippen molar-refractivity contribution >= 4 is 17.6 Å². The molecule has 4 rings (SSSR count). The smallest absolute Gasteiger partial charge is 0.397 e. The van der Waals surface area contributed by atoms with Crippen LogP contribution in [0.5, 0.6) is 17.2 Å². The normalized spacial score (nSPS) is 13.9. The summed E-state index contributed by atoms with van der Waals surface area (Å²) in [5, 5.41) is 8.91. The number of hydrogen-bond acceptors (Lipinski definition) is 7. The Morgan fingerprint density at radius 2 is 1.83 bits per heavy atom. The van der Waals surface area contributed by atoms with Crippen molar-refractivity contribution in [2.75, 3.05) is 24.7 Å². The quantitative estimate of drug-likeness (QED) is 0.380. The molecule has 8 heteroatoms. The molecule has 178 valence electrons. The third-order valence-electron chi connectivity index (χ3n) is 5.26. The molecule has 0 N–H and O–H groups in total. The van der Waals surface area contributed by atoms with Gasteiger partial charge in [-0.05, 0) is 48.9 Å². The van der Waals surface area contributed by atoms with Crippen LogP contribution in [0.2, 0.25) is 0 Å². The Morgan fingerprint density at radius 3 is 2.54 bits per heavy atom. The Labute approximate surface area is 203 Å². The lowest BCUT2D eigenvalue weighted by Crippen LogP contribution is -2.38. The van der Waals surface area contributed by atoms with Gasteiger partial charge in [-0.3, -0.25) is 9.69 Å². The molecule has 0 bridgehead atoms. The highest BCUT2D eigenvalue weighted by molar-refractivity contribution is 6.38. The minimum absolute atomic E-state index is 0.103. The number of hydrogen-bond donors (Lipinski definition) is 0. The SMILES string of the molecule is CCOC(=O)C(=O)N(Cc1ccccc1)c1ccc2c(c1)O[C@@H](COc1ccc(C#N)cc1)CO2. The van der Waals surface area contributed by atoms with Crippen LogP contribution in [0.3, 0.4) is 0 Å². The molecule has 0 spiro atoms. The predicted molar refractivity (Wildman–Crippen MR) is 127 cm³/mol. The first-order valence-electron chi connectivity index (χ1n) is 11.2. The second-order valence-corrected chi connectivity index (χ2v) is 7.73. The maximum Gasteiger partial charge on any atom is 0.397 e. The number of rotatable bonds is 7. The van der Waals surface area contributed by atoms with Gasteiger partial charge in [-0.1, -0.05) is 30.3 Å². The van der Waals surface area contributed by atoms with Crippen molar-refractivity contribution in [3.63, 3.8) is 0 Å². The van der Waals surface area contributed by atoms with Gasteiger partial charge in [-0.2, -0.15) is 5.26 Å². The number of esters is 1.